The van der Waals surface area contributed by atoms with Crippen LogP contribution in [0.25, 0.3) is 11.3 Å². The lowest BCUT2D eigenvalue weighted by molar-refractivity contribution is -0.138. The molecule has 2 fully saturated rings. The maximum Gasteiger partial charge on any atom is 0.266 e. The minimum absolute atomic E-state index is 0.0666. The highest BCUT2D eigenvalue weighted by molar-refractivity contribution is 5.79. The second kappa shape index (κ2) is 9.56. The summed E-state index contributed by atoms with van der Waals surface area (Å²) >= 11 is 0. The van der Waals surface area contributed by atoms with Crippen molar-refractivity contribution in [1.82, 2.24) is 14.7 Å². The molecule has 2 aromatic rings. The predicted octanol–water partition coefficient (Wildman–Crippen LogP) is 3.35. The molecule has 0 unspecified atom stereocenters. The van der Waals surface area contributed by atoms with Crippen molar-refractivity contribution in [2.45, 2.75) is 51.2 Å². The summed E-state index contributed by atoms with van der Waals surface area (Å²) in [6.45, 7) is 2.17. The maximum absolute atomic E-state index is 12.9. The summed E-state index contributed by atoms with van der Waals surface area (Å²) in [5.41, 5.74) is 1.76. The van der Waals surface area contributed by atoms with E-state index in [1.54, 1.807) is 23.9 Å². The van der Waals surface area contributed by atoms with Gasteiger partial charge < -0.3 is 9.64 Å². The smallest absolute Gasteiger partial charge is 0.266 e. The first-order valence-electron chi connectivity index (χ1n) is 11.1. The van der Waals surface area contributed by atoms with Crippen molar-refractivity contribution < 1.29 is 9.53 Å². The quantitative estimate of drug-likeness (QED) is 0.760. The Hall–Kier alpha value is -2.47. The number of nitrogens with zero attached hydrogens (tertiary/aromatic N) is 3. The van der Waals surface area contributed by atoms with Gasteiger partial charge in [0, 0.05) is 44.3 Å². The third-order valence-corrected chi connectivity index (χ3v) is 6.65. The first kappa shape index (κ1) is 20.8. The first-order valence-corrected chi connectivity index (χ1v) is 11.1. The summed E-state index contributed by atoms with van der Waals surface area (Å²) in [4.78, 5) is 27.3. The third kappa shape index (κ3) is 4.81. The van der Waals surface area contributed by atoms with Crippen LogP contribution in [0, 0.1) is 11.8 Å². The predicted molar refractivity (Wildman–Crippen MR) is 116 cm³/mol. The normalized spacial score (nSPS) is 22.8. The van der Waals surface area contributed by atoms with Crippen LogP contribution in [0.15, 0.2) is 47.3 Å². The van der Waals surface area contributed by atoms with Crippen molar-refractivity contribution in [3.63, 3.8) is 0 Å². The molecule has 1 aliphatic carbocycles. The van der Waals surface area contributed by atoms with Crippen molar-refractivity contribution in [3.8, 4) is 11.3 Å². The van der Waals surface area contributed by atoms with E-state index in [4.69, 9.17) is 4.74 Å². The number of piperidine rings is 1. The lowest BCUT2D eigenvalue weighted by Crippen LogP contribution is -2.44. The lowest BCUT2D eigenvalue weighted by Gasteiger charge is -2.36. The van der Waals surface area contributed by atoms with E-state index in [1.807, 2.05) is 35.2 Å². The number of rotatable bonds is 5. The Balaban J connectivity index is 1.33. The molecule has 6 nitrogen and oxygen atoms in total. The summed E-state index contributed by atoms with van der Waals surface area (Å²) in [7, 11) is 1.76. The molecule has 1 amide bonds. The molecular formula is C24H31N3O3. The molecule has 0 N–H and O–H groups in total. The average molecular weight is 410 g/mol. The fraction of sp³-hybridized carbons (Fsp3) is 0.542. The van der Waals surface area contributed by atoms with Crippen LogP contribution in [-0.2, 0) is 16.1 Å². The zero-order chi connectivity index (χ0) is 20.9. The minimum Gasteiger partial charge on any atom is -0.381 e. The third-order valence-electron chi connectivity index (χ3n) is 6.65. The van der Waals surface area contributed by atoms with Crippen LogP contribution in [-0.4, -0.2) is 46.9 Å². The van der Waals surface area contributed by atoms with Crippen molar-refractivity contribution in [2.75, 3.05) is 20.2 Å². The van der Waals surface area contributed by atoms with Crippen LogP contribution in [0.2, 0.25) is 0 Å². The van der Waals surface area contributed by atoms with E-state index in [1.165, 1.54) is 0 Å². The molecule has 1 aromatic carbocycles. The minimum atomic E-state index is -0.0666. The van der Waals surface area contributed by atoms with Crippen molar-refractivity contribution in [1.29, 1.82) is 0 Å². The molecule has 4 rings (SSSR count). The Labute approximate surface area is 177 Å². The highest BCUT2D eigenvalue weighted by Crippen LogP contribution is 2.29. The lowest BCUT2D eigenvalue weighted by atomic mass is 9.85. The number of hydrogen-bond donors (Lipinski definition) is 0. The highest BCUT2D eigenvalue weighted by Gasteiger charge is 2.31. The first-order chi connectivity index (χ1) is 14.6. The SMILES string of the molecule is COC1CCC(C(=O)N2CCC(Cn3nc(-c4ccccc4)ccc3=O)CC2)CC1. The van der Waals surface area contributed by atoms with Gasteiger partial charge in [-0.25, -0.2) is 4.68 Å². The molecule has 2 heterocycles. The van der Waals surface area contributed by atoms with Crippen LogP contribution in [0.4, 0.5) is 0 Å². The van der Waals surface area contributed by atoms with Gasteiger partial charge in [-0.1, -0.05) is 30.3 Å². The second-order valence-corrected chi connectivity index (χ2v) is 8.58. The van der Waals surface area contributed by atoms with Gasteiger partial charge in [-0.2, -0.15) is 5.10 Å². The molecule has 1 saturated carbocycles. The monoisotopic (exact) mass is 409 g/mol. The van der Waals surface area contributed by atoms with Gasteiger partial charge in [-0.3, -0.25) is 9.59 Å². The van der Waals surface area contributed by atoms with Crippen molar-refractivity contribution >= 4 is 5.91 Å². The molecule has 1 aliphatic heterocycles. The molecule has 0 spiro atoms. The number of methoxy groups -OCH3 is 1. The van der Waals surface area contributed by atoms with Gasteiger partial charge in [0.25, 0.3) is 5.56 Å². The Kier molecular flexibility index (Phi) is 6.62. The summed E-state index contributed by atoms with van der Waals surface area (Å²) in [6.07, 6.45) is 5.99. The Morgan fingerprint density at radius 1 is 1.00 bits per heavy atom. The molecule has 1 saturated heterocycles. The largest absolute Gasteiger partial charge is 0.381 e. The van der Waals surface area contributed by atoms with Crippen LogP contribution in [0.5, 0.6) is 0 Å². The maximum atomic E-state index is 12.9. The van der Waals surface area contributed by atoms with Gasteiger partial charge in [0.15, 0.2) is 0 Å². The highest BCUT2D eigenvalue weighted by atomic mass is 16.5. The Morgan fingerprint density at radius 2 is 1.70 bits per heavy atom. The molecule has 6 heteroatoms. The zero-order valence-corrected chi connectivity index (χ0v) is 17.7. The van der Waals surface area contributed by atoms with Gasteiger partial charge >= 0.3 is 0 Å². The average Bonchev–Trinajstić information content (AvgIpc) is 2.81. The van der Waals surface area contributed by atoms with Crippen molar-refractivity contribution in [3.05, 3.63) is 52.8 Å². The van der Waals surface area contributed by atoms with E-state index in [0.29, 0.717) is 24.5 Å². The van der Waals surface area contributed by atoms with Crippen LogP contribution in [0.3, 0.4) is 0 Å². The summed E-state index contributed by atoms with van der Waals surface area (Å²) in [6, 6.07) is 13.3. The number of hydrogen-bond acceptors (Lipinski definition) is 4. The fourth-order valence-electron chi connectivity index (χ4n) is 4.73. The standard InChI is InChI=1S/C24H31N3O3/c1-30-21-9-7-20(8-10-21)24(29)26-15-13-18(14-16-26)17-27-23(28)12-11-22(25-27)19-5-3-2-4-6-19/h2-6,11-12,18,20-21H,7-10,13-17H2,1H3. The molecule has 0 radical (unpaired) electrons. The van der Waals surface area contributed by atoms with E-state index < -0.39 is 0 Å². The number of likely N-dealkylation sites (tertiary alicyclic amines) is 1. The van der Waals surface area contributed by atoms with Crippen molar-refractivity contribution in [2.24, 2.45) is 11.8 Å². The molecule has 160 valence electrons. The molecule has 1 aromatic heterocycles. The van der Waals surface area contributed by atoms with Gasteiger partial charge in [-0.15, -0.1) is 0 Å². The number of carbonyl (C=O) groups is 1. The molecule has 30 heavy (non-hydrogen) atoms. The van der Waals surface area contributed by atoms with Crippen LogP contribution >= 0.6 is 0 Å². The number of aromatic nitrogens is 2. The number of amides is 1. The van der Waals surface area contributed by atoms with Gasteiger partial charge in [0.2, 0.25) is 5.91 Å². The van der Waals surface area contributed by atoms with Gasteiger partial charge in [0.05, 0.1) is 11.8 Å². The zero-order valence-electron chi connectivity index (χ0n) is 17.7. The molecule has 2 aliphatic rings. The van der Waals surface area contributed by atoms with E-state index in [0.717, 1.165) is 62.9 Å². The topological polar surface area (TPSA) is 64.4 Å². The van der Waals surface area contributed by atoms with Gasteiger partial charge in [0.1, 0.15) is 0 Å². The fourth-order valence-corrected chi connectivity index (χ4v) is 4.73. The summed E-state index contributed by atoms with van der Waals surface area (Å²) in [5.74, 6) is 0.832. The molecular weight excluding hydrogens is 378 g/mol. The van der Waals surface area contributed by atoms with Crippen LogP contribution in [0.1, 0.15) is 38.5 Å². The second-order valence-electron chi connectivity index (χ2n) is 8.58. The summed E-state index contributed by atoms with van der Waals surface area (Å²) in [5, 5.41) is 4.59. The van der Waals surface area contributed by atoms with Crippen LogP contribution < -0.4 is 5.56 Å². The van der Waals surface area contributed by atoms with E-state index >= 15 is 0 Å². The number of benzene rings is 1. The molecule has 0 atom stereocenters. The van der Waals surface area contributed by atoms with E-state index in [9.17, 15) is 9.59 Å². The van der Waals surface area contributed by atoms with E-state index in [2.05, 4.69) is 5.10 Å². The Morgan fingerprint density at radius 3 is 2.37 bits per heavy atom. The summed E-state index contributed by atoms with van der Waals surface area (Å²) < 4.78 is 7.02. The van der Waals surface area contributed by atoms with Gasteiger partial charge in [-0.05, 0) is 50.5 Å². The van der Waals surface area contributed by atoms with E-state index in [-0.39, 0.29) is 11.5 Å². The number of ether oxygens (including phenoxy) is 1. The molecule has 0 bridgehead atoms. The Bertz CT molecular complexity index is 895. The number of carbonyl (C=O) groups excluding carboxylic acids is 1.